The monoisotopic (exact) mass is 348 g/mol. The predicted molar refractivity (Wildman–Crippen MR) is 80.0 cm³/mol. The van der Waals surface area contributed by atoms with Crippen LogP contribution in [0.15, 0.2) is 51.7 Å². The average Bonchev–Trinajstić information content (AvgIpc) is 3.05. The lowest BCUT2D eigenvalue weighted by molar-refractivity contribution is -0.384. The van der Waals surface area contributed by atoms with Gasteiger partial charge >= 0.3 is 0 Å². The molecule has 2 aromatic heterocycles. The minimum absolute atomic E-state index is 0.0223. The van der Waals surface area contributed by atoms with E-state index < -0.39 is 4.92 Å². The summed E-state index contributed by atoms with van der Waals surface area (Å²) in [6.07, 6.45) is 1.63. The number of nitrogen functional groups attached to an aromatic ring is 1. The SMILES string of the molecule is Nc1cn(-c2ccc([N+](=O)[O-])cc2)nc1-c1ccc(Br)o1. The highest BCUT2D eigenvalue weighted by Gasteiger charge is 2.14. The van der Waals surface area contributed by atoms with Crippen molar-refractivity contribution in [3.63, 3.8) is 0 Å². The molecule has 0 atom stereocenters. The molecule has 21 heavy (non-hydrogen) atoms. The first kappa shape index (κ1) is 13.4. The summed E-state index contributed by atoms with van der Waals surface area (Å²) in [5, 5.41) is 15.0. The maximum atomic E-state index is 10.6. The van der Waals surface area contributed by atoms with Gasteiger partial charge in [0.15, 0.2) is 16.1 Å². The second kappa shape index (κ2) is 5.06. The second-order valence-electron chi connectivity index (χ2n) is 4.25. The van der Waals surface area contributed by atoms with Crippen molar-refractivity contribution in [1.82, 2.24) is 9.78 Å². The number of nitro groups is 1. The molecule has 3 aromatic rings. The average molecular weight is 349 g/mol. The van der Waals surface area contributed by atoms with Crippen LogP contribution in [0.1, 0.15) is 0 Å². The summed E-state index contributed by atoms with van der Waals surface area (Å²) in [6.45, 7) is 0. The van der Waals surface area contributed by atoms with E-state index in [-0.39, 0.29) is 5.69 Å². The van der Waals surface area contributed by atoms with Gasteiger partial charge in [-0.15, -0.1) is 0 Å². The molecule has 0 aliphatic carbocycles. The number of non-ortho nitro benzene ring substituents is 1. The first-order chi connectivity index (χ1) is 10.0. The van der Waals surface area contributed by atoms with Crippen LogP contribution in [0.25, 0.3) is 17.1 Å². The van der Waals surface area contributed by atoms with Crippen LogP contribution in [0.3, 0.4) is 0 Å². The Bertz CT molecular complexity index is 807. The quantitative estimate of drug-likeness (QED) is 0.577. The number of nitro benzene ring substituents is 1. The summed E-state index contributed by atoms with van der Waals surface area (Å²) in [5.74, 6) is 0.542. The Hall–Kier alpha value is -2.61. The third-order valence-electron chi connectivity index (χ3n) is 2.87. The van der Waals surface area contributed by atoms with Crippen molar-refractivity contribution < 1.29 is 9.34 Å². The standard InChI is InChI=1S/C13H9BrN4O3/c14-12-6-5-11(21-12)13-10(15)7-17(16-13)8-1-3-9(4-2-8)18(19)20/h1-7H,15H2. The van der Waals surface area contributed by atoms with Gasteiger partial charge in [0.1, 0.15) is 0 Å². The van der Waals surface area contributed by atoms with Crippen LogP contribution in [0.2, 0.25) is 0 Å². The molecule has 2 heterocycles. The van der Waals surface area contributed by atoms with Gasteiger partial charge in [0.05, 0.1) is 22.5 Å². The third kappa shape index (κ3) is 2.52. The number of hydrogen-bond acceptors (Lipinski definition) is 5. The van der Waals surface area contributed by atoms with Gasteiger partial charge in [-0.2, -0.15) is 5.10 Å². The topological polar surface area (TPSA) is 100 Å². The highest BCUT2D eigenvalue weighted by molar-refractivity contribution is 9.10. The van der Waals surface area contributed by atoms with E-state index in [0.29, 0.717) is 27.5 Å². The van der Waals surface area contributed by atoms with E-state index in [0.717, 1.165) is 0 Å². The van der Waals surface area contributed by atoms with E-state index in [4.69, 9.17) is 10.2 Å². The van der Waals surface area contributed by atoms with Gasteiger partial charge in [0.25, 0.3) is 5.69 Å². The van der Waals surface area contributed by atoms with Gasteiger partial charge in [0, 0.05) is 12.1 Å². The van der Waals surface area contributed by atoms with Gasteiger partial charge in [-0.3, -0.25) is 10.1 Å². The summed E-state index contributed by atoms with van der Waals surface area (Å²) in [4.78, 5) is 10.2. The molecule has 2 N–H and O–H groups in total. The molecule has 0 spiro atoms. The molecule has 0 radical (unpaired) electrons. The molecule has 7 nitrogen and oxygen atoms in total. The fraction of sp³-hybridized carbons (Fsp3) is 0. The maximum Gasteiger partial charge on any atom is 0.269 e. The van der Waals surface area contributed by atoms with Crippen LogP contribution in [0.5, 0.6) is 0 Å². The minimum Gasteiger partial charge on any atom is -0.448 e. The lowest BCUT2D eigenvalue weighted by atomic mass is 10.3. The molecule has 0 aliphatic heterocycles. The van der Waals surface area contributed by atoms with Gasteiger partial charge in [-0.1, -0.05) is 0 Å². The van der Waals surface area contributed by atoms with Gasteiger partial charge < -0.3 is 10.2 Å². The molecule has 0 bridgehead atoms. The fourth-order valence-corrected chi connectivity index (χ4v) is 2.19. The number of halogens is 1. The van der Waals surface area contributed by atoms with Gasteiger partial charge in [-0.05, 0) is 40.2 Å². The normalized spacial score (nSPS) is 10.7. The van der Waals surface area contributed by atoms with Crippen LogP contribution in [0, 0.1) is 10.1 Å². The number of rotatable bonds is 3. The van der Waals surface area contributed by atoms with Crippen molar-refractivity contribution in [1.29, 1.82) is 0 Å². The Kier molecular flexibility index (Phi) is 3.22. The Balaban J connectivity index is 1.98. The summed E-state index contributed by atoms with van der Waals surface area (Å²) < 4.78 is 7.55. The Morgan fingerprint density at radius 2 is 1.95 bits per heavy atom. The van der Waals surface area contributed by atoms with Crippen LogP contribution >= 0.6 is 15.9 Å². The third-order valence-corrected chi connectivity index (χ3v) is 3.30. The second-order valence-corrected chi connectivity index (χ2v) is 5.04. The molecule has 0 saturated heterocycles. The van der Waals surface area contributed by atoms with E-state index in [9.17, 15) is 10.1 Å². The van der Waals surface area contributed by atoms with Crippen LogP contribution < -0.4 is 5.73 Å². The van der Waals surface area contributed by atoms with Crippen molar-refractivity contribution >= 4 is 27.3 Å². The first-order valence-corrected chi connectivity index (χ1v) is 6.69. The van der Waals surface area contributed by atoms with Crippen LogP contribution in [0.4, 0.5) is 11.4 Å². The zero-order chi connectivity index (χ0) is 15.0. The van der Waals surface area contributed by atoms with Crippen LogP contribution in [-0.4, -0.2) is 14.7 Å². The van der Waals surface area contributed by atoms with Gasteiger partial charge in [-0.25, -0.2) is 4.68 Å². The highest BCUT2D eigenvalue weighted by atomic mass is 79.9. The number of nitrogens with zero attached hydrogens (tertiary/aromatic N) is 3. The van der Waals surface area contributed by atoms with Crippen molar-refractivity contribution in [3.8, 4) is 17.1 Å². The highest BCUT2D eigenvalue weighted by Crippen LogP contribution is 2.29. The molecule has 0 saturated carbocycles. The molecular formula is C13H9BrN4O3. The van der Waals surface area contributed by atoms with Crippen LogP contribution in [-0.2, 0) is 0 Å². The molecule has 3 rings (SSSR count). The van der Waals surface area contributed by atoms with Crippen molar-refractivity contribution in [2.24, 2.45) is 0 Å². The molecule has 106 valence electrons. The fourth-order valence-electron chi connectivity index (χ4n) is 1.88. The van der Waals surface area contributed by atoms with E-state index in [1.165, 1.54) is 12.1 Å². The molecular weight excluding hydrogens is 340 g/mol. The van der Waals surface area contributed by atoms with Crippen molar-refractivity contribution in [2.45, 2.75) is 0 Å². The molecule has 0 aliphatic rings. The number of furan rings is 1. The van der Waals surface area contributed by atoms with Crippen molar-refractivity contribution in [3.05, 3.63) is 57.4 Å². The van der Waals surface area contributed by atoms with E-state index >= 15 is 0 Å². The number of hydrogen-bond donors (Lipinski definition) is 1. The first-order valence-electron chi connectivity index (χ1n) is 5.90. The molecule has 0 amide bonds. The summed E-state index contributed by atoms with van der Waals surface area (Å²) >= 11 is 3.22. The zero-order valence-corrected chi connectivity index (χ0v) is 12.1. The van der Waals surface area contributed by atoms with Gasteiger partial charge in [0.2, 0.25) is 0 Å². The molecule has 8 heteroatoms. The molecule has 0 fully saturated rings. The maximum absolute atomic E-state index is 10.6. The Morgan fingerprint density at radius 1 is 1.24 bits per heavy atom. The number of aromatic nitrogens is 2. The molecule has 1 aromatic carbocycles. The number of anilines is 1. The number of nitrogens with two attached hydrogens (primary N) is 1. The van der Waals surface area contributed by atoms with Crippen molar-refractivity contribution in [2.75, 3.05) is 5.73 Å². The molecule has 0 unspecified atom stereocenters. The number of benzene rings is 1. The van der Waals surface area contributed by atoms with E-state index in [2.05, 4.69) is 21.0 Å². The summed E-state index contributed by atoms with van der Waals surface area (Å²) in [7, 11) is 0. The lowest BCUT2D eigenvalue weighted by Gasteiger charge is -1.99. The predicted octanol–water partition coefficient (Wildman–Crippen LogP) is 3.39. The van der Waals surface area contributed by atoms with E-state index in [1.54, 1.807) is 35.1 Å². The largest absolute Gasteiger partial charge is 0.448 e. The van der Waals surface area contributed by atoms with E-state index in [1.807, 2.05) is 0 Å². The summed E-state index contributed by atoms with van der Waals surface area (Å²) in [5.41, 5.74) is 7.59. The minimum atomic E-state index is -0.451. The smallest absolute Gasteiger partial charge is 0.269 e. The zero-order valence-electron chi connectivity index (χ0n) is 10.6. The Labute approximate surface area is 127 Å². The Morgan fingerprint density at radius 3 is 2.52 bits per heavy atom. The lowest BCUT2D eigenvalue weighted by Crippen LogP contribution is -1.95. The summed E-state index contributed by atoms with van der Waals surface area (Å²) in [6, 6.07) is 9.54.